The molecular formula is C19H22FN3O. The molecule has 0 aromatic heterocycles. The number of halogens is 1. The van der Waals surface area contributed by atoms with Gasteiger partial charge in [-0.2, -0.15) is 0 Å². The molecule has 2 aromatic rings. The predicted octanol–water partition coefficient (Wildman–Crippen LogP) is 2.85. The molecule has 1 amide bonds. The smallest absolute Gasteiger partial charge is 0.253 e. The third kappa shape index (κ3) is 3.50. The fourth-order valence-corrected chi connectivity index (χ4v) is 2.90. The Balaban J connectivity index is 1.61. The Morgan fingerprint density at radius 3 is 2.04 bits per heavy atom. The number of carbonyl (C=O) groups excluding carboxylic acids is 1. The van der Waals surface area contributed by atoms with Crippen LogP contribution in [0.15, 0.2) is 48.5 Å². The molecule has 5 heteroatoms. The van der Waals surface area contributed by atoms with Crippen LogP contribution in [0.5, 0.6) is 0 Å². The molecule has 24 heavy (non-hydrogen) atoms. The zero-order valence-corrected chi connectivity index (χ0v) is 14.1. The fourth-order valence-electron chi connectivity index (χ4n) is 2.90. The molecule has 1 heterocycles. The van der Waals surface area contributed by atoms with Gasteiger partial charge in [-0.3, -0.25) is 4.79 Å². The number of hydrogen-bond donors (Lipinski definition) is 0. The summed E-state index contributed by atoms with van der Waals surface area (Å²) in [5, 5.41) is 0. The van der Waals surface area contributed by atoms with Gasteiger partial charge in [-0.1, -0.05) is 0 Å². The molecule has 126 valence electrons. The van der Waals surface area contributed by atoms with E-state index in [-0.39, 0.29) is 11.7 Å². The molecule has 0 unspecified atom stereocenters. The number of carbonyl (C=O) groups is 1. The van der Waals surface area contributed by atoms with Gasteiger partial charge in [-0.15, -0.1) is 0 Å². The lowest BCUT2D eigenvalue weighted by Crippen LogP contribution is -2.48. The van der Waals surface area contributed by atoms with Crippen LogP contribution in [0.2, 0.25) is 0 Å². The van der Waals surface area contributed by atoms with Crippen LogP contribution in [0, 0.1) is 5.82 Å². The van der Waals surface area contributed by atoms with Crippen LogP contribution in [-0.4, -0.2) is 51.1 Å². The summed E-state index contributed by atoms with van der Waals surface area (Å²) in [6.45, 7) is 2.94. The average molecular weight is 327 g/mol. The highest BCUT2D eigenvalue weighted by molar-refractivity contribution is 5.94. The second kappa shape index (κ2) is 6.91. The Morgan fingerprint density at radius 2 is 1.50 bits per heavy atom. The summed E-state index contributed by atoms with van der Waals surface area (Å²) in [7, 11) is 4.05. The number of rotatable bonds is 3. The quantitative estimate of drug-likeness (QED) is 0.867. The van der Waals surface area contributed by atoms with Gasteiger partial charge < -0.3 is 14.7 Å². The van der Waals surface area contributed by atoms with Gasteiger partial charge >= 0.3 is 0 Å². The summed E-state index contributed by atoms with van der Waals surface area (Å²) < 4.78 is 13.0. The van der Waals surface area contributed by atoms with Gasteiger partial charge in [-0.25, -0.2) is 4.39 Å². The lowest BCUT2D eigenvalue weighted by molar-refractivity contribution is 0.0746. The molecule has 4 nitrogen and oxygen atoms in total. The number of benzene rings is 2. The van der Waals surface area contributed by atoms with E-state index in [0.717, 1.165) is 13.1 Å². The van der Waals surface area contributed by atoms with Crippen LogP contribution in [0.3, 0.4) is 0 Å². The monoisotopic (exact) mass is 327 g/mol. The van der Waals surface area contributed by atoms with E-state index in [4.69, 9.17) is 0 Å². The summed E-state index contributed by atoms with van der Waals surface area (Å²) in [5.41, 5.74) is 2.89. The van der Waals surface area contributed by atoms with Gasteiger partial charge in [0, 0.05) is 57.2 Å². The van der Waals surface area contributed by atoms with Crippen molar-refractivity contribution in [3.05, 3.63) is 59.9 Å². The minimum atomic E-state index is -0.322. The topological polar surface area (TPSA) is 26.8 Å². The Hall–Kier alpha value is -2.56. The number of piperazine rings is 1. The first-order chi connectivity index (χ1) is 11.5. The molecule has 3 rings (SSSR count). The molecular weight excluding hydrogens is 305 g/mol. The summed E-state index contributed by atoms with van der Waals surface area (Å²) >= 11 is 0. The van der Waals surface area contributed by atoms with Gasteiger partial charge in [0.05, 0.1) is 0 Å². The van der Waals surface area contributed by atoms with Crippen LogP contribution in [0.25, 0.3) is 0 Å². The first-order valence-electron chi connectivity index (χ1n) is 8.12. The number of amides is 1. The largest absolute Gasteiger partial charge is 0.378 e. The van der Waals surface area contributed by atoms with E-state index in [1.165, 1.54) is 23.5 Å². The van der Waals surface area contributed by atoms with E-state index in [1.807, 2.05) is 19.0 Å². The molecule has 0 bridgehead atoms. The highest BCUT2D eigenvalue weighted by atomic mass is 19.1. The zero-order chi connectivity index (χ0) is 17.1. The summed E-state index contributed by atoms with van der Waals surface area (Å²) in [6, 6.07) is 14.2. The van der Waals surface area contributed by atoms with E-state index in [2.05, 4.69) is 34.1 Å². The Bertz CT molecular complexity index is 690. The van der Waals surface area contributed by atoms with E-state index in [0.29, 0.717) is 18.7 Å². The van der Waals surface area contributed by atoms with Crippen LogP contribution in [-0.2, 0) is 0 Å². The van der Waals surface area contributed by atoms with Crippen molar-refractivity contribution in [2.45, 2.75) is 0 Å². The van der Waals surface area contributed by atoms with Crippen LogP contribution in [0.1, 0.15) is 10.4 Å². The van der Waals surface area contributed by atoms with Crippen molar-refractivity contribution in [3.63, 3.8) is 0 Å². The third-order valence-corrected chi connectivity index (χ3v) is 4.39. The number of nitrogens with zero attached hydrogens (tertiary/aromatic N) is 3. The van der Waals surface area contributed by atoms with Crippen LogP contribution < -0.4 is 9.80 Å². The SMILES string of the molecule is CN(C)c1ccc(N2CCN(C(=O)c3ccc(F)cc3)CC2)cc1. The highest BCUT2D eigenvalue weighted by Crippen LogP contribution is 2.21. The Morgan fingerprint density at radius 1 is 0.917 bits per heavy atom. The van der Waals surface area contributed by atoms with Gasteiger partial charge in [0.15, 0.2) is 0 Å². The first kappa shape index (κ1) is 16.3. The maximum absolute atomic E-state index is 13.0. The maximum atomic E-state index is 13.0. The minimum absolute atomic E-state index is 0.0300. The van der Waals surface area contributed by atoms with E-state index in [9.17, 15) is 9.18 Å². The average Bonchev–Trinajstić information content (AvgIpc) is 2.62. The second-order valence-corrected chi connectivity index (χ2v) is 6.20. The van der Waals surface area contributed by atoms with E-state index < -0.39 is 0 Å². The molecule has 0 atom stereocenters. The second-order valence-electron chi connectivity index (χ2n) is 6.20. The van der Waals surface area contributed by atoms with Gasteiger partial charge in [-0.05, 0) is 48.5 Å². The molecule has 1 fully saturated rings. The highest BCUT2D eigenvalue weighted by Gasteiger charge is 2.22. The van der Waals surface area contributed by atoms with Crippen molar-refractivity contribution in [2.75, 3.05) is 50.1 Å². The van der Waals surface area contributed by atoms with Crippen molar-refractivity contribution < 1.29 is 9.18 Å². The number of hydrogen-bond acceptors (Lipinski definition) is 3. The first-order valence-corrected chi connectivity index (χ1v) is 8.12. The zero-order valence-electron chi connectivity index (χ0n) is 14.1. The Labute approximate surface area is 142 Å². The van der Waals surface area contributed by atoms with Gasteiger partial charge in [0.2, 0.25) is 0 Å². The number of anilines is 2. The van der Waals surface area contributed by atoms with Crippen molar-refractivity contribution in [1.82, 2.24) is 4.90 Å². The molecule has 2 aromatic carbocycles. The van der Waals surface area contributed by atoms with Crippen molar-refractivity contribution in [2.24, 2.45) is 0 Å². The van der Waals surface area contributed by atoms with Crippen LogP contribution >= 0.6 is 0 Å². The van der Waals surface area contributed by atoms with Crippen molar-refractivity contribution in [3.8, 4) is 0 Å². The molecule has 0 spiro atoms. The maximum Gasteiger partial charge on any atom is 0.253 e. The predicted molar refractivity (Wildman–Crippen MR) is 95.3 cm³/mol. The van der Waals surface area contributed by atoms with Gasteiger partial charge in [0.1, 0.15) is 5.82 Å². The van der Waals surface area contributed by atoms with Crippen molar-refractivity contribution in [1.29, 1.82) is 0 Å². The lowest BCUT2D eigenvalue weighted by atomic mass is 10.1. The van der Waals surface area contributed by atoms with Crippen molar-refractivity contribution >= 4 is 17.3 Å². The summed E-state index contributed by atoms with van der Waals surface area (Å²) in [4.78, 5) is 18.6. The molecule has 0 saturated carbocycles. The molecule has 0 N–H and O–H groups in total. The normalized spacial score (nSPS) is 14.6. The molecule has 0 aliphatic carbocycles. The van der Waals surface area contributed by atoms with Crippen LogP contribution in [0.4, 0.5) is 15.8 Å². The third-order valence-electron chi connectivity index (χ3n) is 4.39. The fraction of sp³-hybridized carbons (Fsp3) is 0.316. The summed E-state index contributed by atoms with van der Waals surface area (Å²) in [6.07, 6.45) is 0. The molecule has 1 saturated heterocycles. The molecule has 1 aliphatic rings. The minimum Gasteiger partial charge on any atom is -0.378 e. The van der Waals surface area contributed by atoms with E-state index in [1.54, 1.807) is 12.1 Å². The summed E-state index contributed by atoms with van der Waals surface area (Å²) in [5.74, 6) is -0.352. The van der Waals surface area contributed by atoms with E-state index >= 15 is 0 Å². The Kier molecular flexibility index (Phi) is 4.69. The lowest BCUT2D eigenvalue weighted by Gasteiger charge is -2.36. The molecule has 0 radical (unpaired) electrons. The molecule has 1 aliphatic heterocycles. The standard InChI is InChI=1S/C19H22FN3O/c1-21(2)17-7-9-18(10-8-17)22-11-13-23(14-12-22)19(24)15-3-5-16(20)6-4-15/h3-10H,11-14H2,1-2H3. The van der Waals surface area contributed by atoms with Gasteiger partial charge in [0.25, 0.3) is 5.91 Å².